The Morgan fingerprint density at radius 2 is 1.49 bits per heavy atom. The summed E-state index contributed by atoms with van der Waals surface area (Å²) in [5.74, 6) is 1.92. The highest BCUT2D eigenvalue weighted by atomic mass is 32.1. The molecule has 2 aliphatic heterocycles. The molecule has 0 amide bonds. The first-order valence-electron chi connectivity index (χ1n) is 17.4. The van der Waals surface area contributed by atoms with E-state index in [-0.39, 0.29) is 24.4 Å². The van der Waals surface area contributed by atoms with Crippen molar-refractivity contribution in [3.63, 3.8) is 0 Å². The summed E-state index contributed by atoms with van der Waals surface area (Å²) in [5.41, 5.74) is 8.57. The average Bonchev–Trinajstić information content (AvgIpc) is 3.88. The lowest BCUT2D eigenvalue weighted by molar-refractivity contribution is 0.266. The maximum absolute atomic E-state index is 6.63. The first-order chi connectivity index (χ1) is 25.2. The number of aliphatic imine (C=N–C) groups is 1. The van der Waals surface area contributed by atoms with Gasteiger partial charge in [0.1, 0.15) is 41.2 Å². The normalized spacial score (nSPS) is 20.9. The molecule has 6 aromatic carbocycles. The topological polar surface area (TPSA) is 58.8 Å². The van der Waals surface area contributed by atoms with Gasteiger partial charge in [0, 0.05) is 53.6 Å². The van der Waals surface area contributed by atoms with E-state index in [9.17, 15) is 0 Å². The van der Waals surface area contributed by atoms with Crippen LogP contribution in [0.5, 0.6) is 5.75 Å². The summed E-state index contributed by atoms with van der Waals surface area (Å²) in [6, 6.07) is 47.0. The Kier molecular flexibility index (Phi) is 6.38. The van der Waals surface area contributed by atoms with Crippen molar-refractivity contribution in [1.29, 1.82) is 0 Å². The fourth-order valence-corrected chi connectivity index (χ4v) is 9.10. The second-order valence-corrected chi connectivity index (χ2v) is 14.6. The van der Waals surface area contributed by atoms with E-state index in [4.69, 9.17) is 14.1 Å². The highest BCUT2D eigenvalue weighted by molar-refractivity contribution is 7.25. The van der Waals surface area contributed by atoms with Gasteiger partial charge in [-0.3, -0.25) is 5.32 Å². The highest BCUT2D eigenvalue weighted by Gasteiger charge is 2.36. The van der Waals surface area contributed by atoms with Crippen LogP contribution in [0.1, 0.15) is 28.8 Å². The number of hydrogen-bond acceptors (Lipinski definition) is 6. The van der Waals surface area contributed by atoms with Gasteiger partial charge in [0.2, 0.25) is 0 Å². The molecule has 4 unspecified atom stereocenters. The van der Waals surface area contributed by atoms with E-state index in [1.165, 1.54) is 25.7 Å². The van der Waals surface area contributed by atoms with E-state index in [1.807, 2.05) is 29.5 Å². The van der Waals surface area contributed by atoms with E-state index in [1.54, 1.807) is 0 Å². The minimum absolute atomic E-state index is 0.105. The minimum atomic E-state index is -0.230. The van der Waals surface area contributed by atoms with Crippen molar-refractivity contribution in [2.45, 2.75) is 24.4 Å². The zero-order valence-electron chi connectivity index (χ0n) is 27.4. The minimum Gasteiger partial charge on any atom is -0.485 e. The van der Waals surface area contributed by atoms with Gasteiger partial charge in [-0.1, -0.05) is 109 Å². The summed E-state index contributed by atoms with van der Waals surface area (Å²) in [4.78, 5) is 5.22. The fourth-order valence-electron chi connectivity index (χ4n) is 8.02. The Morgan fingerprint density at radius 3 is 2.43 bits per heavy atom. The molecule has 3 aliphatic rings. The zero-order valence-corrected chi connectivity index (χ0v) is 28.2. The van der Waals surface area contributed by atoms with Crippen molar-refractivity contribution in [1.82, 2.24) is 10.6 Å². The van der Waals surface area contributed by atoms with E-state index in [2.05, 4.69) is 144 Å². The van der Waals surface area contributed by atoms with Crippen LogP contribution in [0.25, 0.3) is 53.2 Å². The summed E-state index contributed by atoms with van der Waals surface area (Å²) in [7, 11) is 0. The Labute approximate surface area is 298 Å². The number of benzene rings is 6. The predicted octanol–water partition coefficient (Wildman–Crippen LogP) is 10.6. The molecule has 2 N–H and O–H groups in total. The second-order valence-electron chi connectivity index (χ2n) is 13.5. The van der Waals surface area contributed by atoms with Gasteiger partial charge in [0.15, 0.2) is 0 Å². The molecule has 0 saturated carbocycles. The molecule has 0 radical (unpaired) electrons. The van der Waals surface area contributed by atoms with Crippen molar-refractivity contribution in [3.8, 4) is 16.9 Å². The van der Waals surface area contributed by atoms with Crippen molar-refractivity contribution in [2.75, 3.05) is 0 Å². The lowest BCUT2D eigenvalue weighted by Crippen LogP contribution is -2.52. The van der Waals surface area contributed by atoms with Crippen LogP contribution in [0.2, 0.25) is 0 Å². The largest absolute Gasteiger partial charge is 0.485 e. The number of nitrogens with one attached hydrogen (secondary N) is 2. The van der Waals surface area contributed by atoms with Crippen LogP contribution in [-0.2, 0) is 0 Å². The van der Waals surface area contributed by atoms with E-state index in [0.29, 0.717) is 0 Å². The van der Waals surface area contributed by atoms with Crippen LogP contribution < -0.4 is 15.4 Å². The SMILES string of the molecule is C1=CC2c3cc(-c4cccc5c4oc4ccccc45)ccc3OC2C=C1C1NC(c2ccccc2)=NC(c2ccc3sc4ccccc4c3c2)N1. The Bertz CT molecular complexity index is 2770. The number of amidine groups is 1. The van der Waals surface area contributed by atoms with Gasteiger partial charge in [-0.25, -0.2) is 4.99 Å². The number of para-hydroxylation sites is 2. The van der Waals surface area contributed by atoms with E-state index in [0.717, 1.165) is 61.4 Å². The molecule has 2 aromatic heterocycles. The van der Waals surface area contributed by atoms with Crippen molar-refractivity contribution in [3.05, 3.63) is 174 Å². The molecule has 0 spiro atoms. The highest BCUT2D eigenvalue weighted by Crippen LogP contribution is 2.45. The van der Waals surface area contributed by atoms with Crippen LogP contribution in [-0.4, -0.2) is 18.1 Å². The van der Waals surface area contributed by atoms with Crippen LogP contribution in [0.3, 0.4) is 0 Å². The van der Waals surface area contributed by atoms with Gasteiger partial charge in [-0.05, 0) is 59.2 Å². The lowest BCUT2D eigenvalue weighted by Gasteiger charge is -2.34. The fraction of sp³-hybridized carbons (Fsp3) is 0.0889. The first-order valence-corrected chi connectivity index (χ1v) is 18.2. The van der Waals surface area contributed by atoms with E-state index < -0.39 is 0 Å². The monoisotopic (exact) mass is 677 g/mol. The molecule has 8 aromatic rings. The molecular weight excluding hydrogens is 647 g/mol. The molecule has 0 saturated heterocycles. The number of furan rings is 1. The molecule has 0 fully saturated rings. The van der Waals surface area contributed by atoms with Crippen LogP contribution >= 0.6 is 11.3 Å². The quantitative estimate of drug-likeness (QED) is 0.195. The number of fused-ring (bicyclic) bond motifs is 9. The summed E-state index contributed by atoms with van der Waals surface area (Å²) in [6.07, 6.45) is 6.32. The second kappa shape index (κ2) is 11.3. The molecule has 51 heavy (non-hydrogen) atoms. The smallest absolute Gasteiger partial charge is 0.143 e. The standard InChI is InChI=1S/C45H31N3O2S/c1-2-9-26(10-3-1)43-46-44(28-19-22-41-36(24-28)33-12-5-7-16-40(33)51-41)48-45(47-43)29-17-20-32-35-23-27(18-21-38(35)49-39(32)25-29)30-13-8-14-34-31-11-4-6-15-37(31)50-42(30)34/h1-25,32,39,44-45,48H,(H,46,47). The van der Waals surface area contributed by atoms with Crippen molar-refractivity contribution in [2.24, 2.45) is 4.99 Å². The maximum atomic E-state index is 6.63. The summed E-state index contributed by atoms with van der Waals surface area (Å²) in [6.45, 7) is 0. The van der Waals surface area contributed by atoms with E-state index >= 15 is 0 Å². The van der Waals surface area contributed by atoms with Gasteiger partial charge in [-0.2, -0.15) is 0 Å². The maximum Gasteiger partial charge on any atom is 0.143 e. The van der Waals surface area contributed by atoms with Gasteiger partial charge >= 0.3 is 0 Å². The third-order valence-electron chi connectivity index (χ3n) is 10.5. The predicted molar refractivity (Wildman–Crippen MR) is 209 cm³/mol. The number of ether oxygens (including phenoxy) is 1. The molecular formula is C45H31N3O2S. The molecule has 6 heteroatoms. The van der Waals surface area contributed by atoms with Crippen LogP contribution in [0.4, 0.5) is 0 Å². The summed E-state index contributed by atoms with van der Waals surface area (Å²) >= 11 is 1.84. The molecule has 4 atom stereocenters. The lowest BCUT2D eigenvalue weighted by atomic mass is 9.87. The summed E-state index contributed by atoms with van der Waals surface area (Å²) in [5, 5.41) is 12.4. The number of nitrogens with zero attached hydrogens (tertiary/aromatic N) is 1. The Morgan fingerprint density at radius 1 is 0.667 bits per heavy atom. The van der Waals surface area contributed by atoms with Gasteiger partial charge in [0.25, 0.3) is 0 Å². The van der Waals surface area contributed by atoms with Crippen LogP contribution in [0.15, 0.2) is 167 Å². The Balaban J connectivity index is 0.925. The summed E-state index contributed by atoms with van der Waals surface area (Å²) < 4.78 is 15.6. The zero-order chi connectivity index (χ0) is 33.5. The molecule has 5 nitrogen and oxygen atoms in total. The van der Waals surface area contributed by atoms with Crippen molar-refractivity contribution >= 4 is 59.3 Å². The van der Waals surface area contributed by atoms with Gasteiger partial charge in [0.05, 0.1) is 0 Å². The number of rotatable bonds is 4. The molecule has 11 rings (SSSR count). The third kappa shape index (κ3) is 4.68. The average molecular weight is 678 g/mol. The first kappa shape index (κ1) is 28.8. The molecule has 4 heterocycles. The molecule has 244 valence electrons. The van der Waals surface area contributed by atoms with Crippen LogP contribution in [0, 0.1) is 0 Å². The van der Waals surface area contributed by atoms with Gasteiger partial charge in [-0.15, -0.1) is 11.3 Å². The number of thiophene rings is 1. The number of hydrogen-bond donors (Lipinski definition) is 2. The molecule has 1 aliphatic carbocycles. The van der Waals surface area contributed by atoms with Crippen molar-refractivity contribution < 1.29 is 9.15 Å². The molecule has 0 bridgehead atoms. The van der Waals surface area contributed by atoms with Gasteiger partial charge < -0.3 is 14.5 Å². The third-order valence-corrected chi connectivity index (χ3v) is 11.7. The Hall–Kier alpha value is -5.95.